The van der Waals surface area contributed by atoms with Crippen molar-refractivity contribution in [2.75, 3.05) is 6.61 Å². The van der Waals surface area contributed by atoms with Gasteiger partial charge in [0, 0.05) is 0 Å². The van der Waals surface area contributed by atoms with Gasteiger partial charge >= 0.3 is 0 Å². The lowest BCUT2D eigenvalue weighted by Crippen LogP contribution is -2.22. The molecule has 0 aromatic heterocycles. The first kappa shape index (κ1) is 12.1. The smallest absolute Gasteiger partial charge is 0.107 e. The van der Waals surface area contributed by atoms with E-state index in [0.29, 0.717) is 11.1 Å². The summed E-state index contributed by atoms with van der Waals surface area (Å²) >= 11 is 0. The van der Waals surface area contributed by atoms with Gasteiger partial charge < -0.3 is 20.4 Å². The van der Waals surface area contributed by atoms with Crippen molar-refractivity contribution >= 4 is 0 Å². The first-order valence-electron chi connectivity index (χ1n) is 4.77. The fraction of sp³-hybridized carbons (Fsp3) is 0.455. The van der Waals surface area contributed by atoms with E-state index in [1.54, 1.807) is 25.1 Å². The highest BCUT2D eigenvalue weighted by Crippen LogP contribution is 2.22. The van der Waals surface area contributed by atoms with Crippen LogP contribution < -0.4 is 0 Å². The lowest BCUT2D eigenvalue weighted by molar-refractivity contribution is -0.0156. The average molecular weight is 212 g/mol. The number of aliphatic hydroxyl groups excluding tert-OH is 4. The number of aryl methyl sites for hydroxylation is 1. The average Bonchev–Trinajstić information content (AvgIpc) is 2.27. The van der Waals surface area contributed by atoms with Crippen molar-refractivity contribution in [1.29, 1.82) is 0 Å². The van der Waals surface area contributed by atoms with Crippen LogP contribution in [-0.4, -0.2) is 33.1 Å². The maximum absolute atomic E-state index is 9.70. The molecule has 0 saturated carbocycles. The predicted octanol–water partition coefficient (Wildman–Crippen LogP) is -0.126. The molecular weight excluding hydrogens is 196 g/mol. The SMILES string of the molecule is Cc1ccc(CO)cc1C(O)C(O)CO. The molecule has 1 aromatic carbocycles. The Balaban J connectivity index is 3.01. The minimum Gasteiger partial charge on any atom is -0.394 e. The third-order valence-corrected chi connectivity index (χ3v) is 2.40. The molecule has 1 aromatic rings. The summed E-state index contributed by atoms with van der Waals surface area (Å²) < 4.78 is 0. The molecule has 15 heavy (non-hydrogen) atoms. The summed E-state index contributed by atoms with van der Waals surface area (Å²) in [5, 5.41) is 36.7. The fourth-order valence-electron chi connectivity index (χ4n) is 1.41. The van der Waals surface area contributed by atoms with Gasteiger partial charge in [-0.3, -0.25) is 0 Å². The van der Waals surface area contributed by atoms with Gasteiger partial charge in [-0.15, -0.1) is 0 Å². The van der Waals surface area contributed by atoms with E-state index in [-0.39, 0.29) is 6.61 Å². The van der Waals surface area contributed by atoms with E-state index in [9.17, 15) is 10.2 Å². The number of hydrogen-bond donors (Lipinski definition) is 4. The van der Waals surface area contributed by atoms with Crippen LogP contribution in [0.15, 0.2) is 18.2 Å². The second-order valence-electron chi connectivity index (χ2n) is 3.54. The van der Waals surface area contributed by atoms with Crippen LogP contribution in [0.4, 0.5) is 0 Å². The third-order valence-electron chi connectivity index (χ3n) is 2.40. The van der Waals surface area contributed by atoms with E-state index in [2.05, 4.69) is 0 Å². The molecule has 1 rings (SSSR count). The van der Waals surface area contributed by atoms with E-state index in [0.717, 1.165) is 5.56 Å². The number of rotatable bonds is 4. The van der Waals surface area contributed by atoms with Gasteiger partial charge in [-0.05, 0) is 23.6 Å². The Bertz CT molecular complexity index is 324. The van der Waals surface area contributed by atoms with Crippen LogP contribution in [0.25, 0.3) is 0 Å². The summed E-state index contributed by atoms with van der Waals surface area (Å²) in [4.78, 5) is 0. The largest absolute Gasteiger partial charge is 0.394 e. The molecule has 0 heterocycles. The molecule has 84 valence electrons. The summed E-state index contributed by atoms with van der Waals surface area (Å²) in [6.45, 7) is 1.18. The first-order valence-corrected chi connectivity index (χ1v) is 4.77. The predicted molar refractivity (Wildman–Crippen MR) is 55.2 cm³/mol. The number of hydrogen-bond acceptors (Lipinski definition) is 4. The molecule has 0 aliphatic heterocycles. The second-order valence-corrected chi connectivity index (χ2v) is 3.54. The normalized spacial score (nSPS) is 15.0. The van der Waals surface area contributed by atoms with Gasteiger partial charge in [-0.25, -0.2) is 0 Å². The van der Waals surface area contributed by atoms with Crippen LogP contribution in [0.2, 0.25) is 0 Å². The van der Waals surface area contributed by atoms with Crippen molar-refractivity contribution in [3.63, 3.8) is 0 Å². The van der Waals surface area contributed by atoms with Crippen LogP contribution in [0.3, 0.4) is 0 Å². The maximum atomic E-state index is 9.70. The minimum absolute atomic E-state index is 0.116. The van der Waals surface area contributed by atoms with Gasteiger partial charge in [0.2, 0.25) is 0 Å². The van der Waals surface area contributed by atoms with Crippen LogP contribution in [0.5, 0.6) is 0 Å². The van der Waals surface area contributed by atoms with Crippen LogP contribution in [0.1, 0.15) is 22.8 Å². The molecule has 0 aliphatic carbocycles. The summed E-state index contributed by atoms with van der Waals surface area (Å²) in [6.07, 6.45) is -2.32. The Morgan fingerprint density at radius 1 is 1.20 bits per heavy atom. The van der Waals surface area contributed by atoms with Crippen molar-refractivity contribution in [3.8, 4) is 0 Å². The molecule has 4 N–H and O–H groups in total. The van der Waals surface area contributed by atoms with Gasteiger partial charge in [0.05, 0.1) is 13.2 Å². The van der Waals surface area contributed by atoms with Crippen molar-refractivity contribution in [2.24, 2.45) is 0 Å². The highest BCUT2D eigenvalue weighted by atomic mass is 16.4. The van der Waals surface area contributed by atoms with Gasteiger partial charge in [-0.2, -0.15) is 0 Å². The van der Waals surface area contributed by atoms with E-state index in [1.165, 1.54) is 0 Å². The van der Waals surface area contributed by atoms with Crippen LogP contribution >= 0.6 is 0 Å². The lowest BCUT2D eigenvalue weighted by atomic mass is 9.97. The Morgan fingerprint density at radius 2 is 1.87 bits per heavy atom. The minimum atomic E-state index is -1.20. The van der Waals surface area contributed by atoms with Crippen molar-refractivity contribution < 1.29 is 20.4 Å². The first-order chi connectivity index (χ1) is 7.10. The molecule has 0 bridgehead atoms. The summed E-state index contributed by atoms with van der Waals surface area (Å²) in [5.74, 6) is 0. The summed E-state index contributed by atoms with van der Waals surface area (Å²) in [5.41, 5.74) is 2.01. The summed E-state index contributed by atoms with van der Waals surface area (Å²) in [6, 6.07) is 5.13. The Labute approximate surface area is 88.4 Å². The van der Waals surface area contributed by atoms with E-state index >= 15 is 0 Å². The monoisotopic (exact) mass is 212 g/mol. The zero-order valence-corrected chi connectivity index (χ0v) is 8.59. The molecule has 0 fully saturated rings. The molecule has 2 atom stereocenters. The third kappa shape index (κ3) is 2.76. The molecule has 2 unspecified atom stereocenters. The van der Waals surface area contributed by atoms with Gasteiger partial charge in [0.15, 0.2) is 0 Å². The molecule has 0 amide bonds. The highest BCUT2D eigenvalue weighted by Gasteiger charge is 2.19. The van der Waals surface area contributed by atoms with Crippen molar-refractivity contribution in [2.45, 2.75) is 25.7 Å². The zero-order chi connectivity index (χ0) is 11.4. The quantitative estimate of drug-likeness (QED) is 0.560. The standard InChI is InChI=1S/C11H16O4/c1-7-2-3-8(5-12)4-9(7)11(15)10(14)6-13/h2-4,10-15H,5-6H2,1H3. The molecular formula is C11H16O4. The van der Waals surface area contributed by atoms with Crippen molar-refractivity contribution in [3.05, 3.63) is 34.9 Å². The van der Waals surface area contributed by atoms with Gasteiger partial charge in [-0.1, -0.05) is 18.2 Å². The molecule has 4 nitrogen and oxygen atoms in total. The Kier molecular flexibility index (Phi) is 4.23. The maximum Gasteiger partial charge on any atom is 0.107 e. The highest BCUT2D eigenvalue weighted by molar-refractivity contribution is 5.33. The van der Waals surface area contributed by atoms with E-state index in [4.69, 9.17) is 10.2 Å². The molecule has 0 saturated heterocycles. The van der Waals surface area contributed by atoms with Crippen LogP contribution in [0, 0.1) is 6.92 Å². The molecule has 0 spiro atoms. The van der Waals surface area contributed by atoms with Gasteiger partial charge in [0.1, 0.15) is 12.2 Å². The Hall–Kier alpha value is -0.940. The number of benzene rings is 1. The second kappa shape index (κ2) is 5.23. The van der Waals surface area contributed by atoms with E-state index < -0.39 is 18.8 Å². The Morgan fingerprint density at radius 3 is 2.40 bits per heavy atom. The van der Waals surface area contributed by atoms with Gasteiger partial charge in [0.25, 0.3) is 0 Å². The molecule has 0 radical (unpaired) electrons. The van der Waals surface area contributed by atoms with E-state index in [1.807, 2.05) is 0 Å². The van der Waals surface area contributed by atoms with Crippen molar-refractivity contribution in [1.82, 2.24) is 0 Å². The molecule has 0 aliphatic rings. The fourth-order valence-corrected chi connectivity index (χ4v) is 1.41. The van der Waals surface area contributed by atoms with Crippen LogP contribution in [-0.2, 0) is 6.61 Å². The summed E-state index contributed by atoms with van der Waals surface area (Å²) in [7, 11) is 0. The number of aliphatic hydroxyl groups is 4. The lowest BCUT2D eigenvalue weighted by Gasteiger charge is -2.18. The topological polar surface area (TPSA) is 80.9 Å². The molecule has 4 heteroatoms. The zero-order valence-electron chi connectivity index (χ0n) is 8.59.